The molecule has 0 saturated heterocycles. The highest BCUT2D eigenvalue weighted by molar-refractivity contribution is 5.81. The van der Waals surface area contributed by atoms with E-state index in [0.717, 1.165) is 25.7 Å². The maximum absolute atomic E-state index is 10.9. The molecule has 0 spiro atoms. The summed E-state index contributed by atoms with van der Waals surface area (Å²) in [6, 6.07) is 0. The first-order valence-corrected chi connectivity index (χ1v) is 10.1. The number of carbonyl (C=O) groups excluding carboxylic acids is 1. The van der Waals surface area contributed by atoms with Crippen molar-refractivity contribution in [2.75, 3.05) is 7.11 Å². The summed E-state index contributed by atoms with van der Waals surface area (Å²) in [5, 5.41) is 8.55. The topological polar surface area (TPSA) is 63.6 Å². The molecule has 0 unspecified atom stereocenters. The van der Waals surface area contributed by atoms with Crippen LogP contribution in [0, 0.1) is 0 Å². The Kier molecular flexibility index (Phi) is 18.0. The quantitative estimate of drug-likeness (QED) is 0.185. The van der Waals surface area contributed by atoms with Crippen LogP contribution in [0.25, 0.3) is 0 Å². The molecule has 4 heteroatoms. The summed E-state index contributed by atoms with van der Waals surface area (Å²) in [6.45, 7) is 0. The second kappa shape index (κ2) is 19.0. The smallest absolute Gasteiger partial charge is 0.330 e. The van der Waals surface area contributed by atoms with Gasteiger partial charge in [-0.2, -0.15) is 0 Å². The van der Waals surface area contributed by atoms with Crippen LogP contribution in [0.5, 0.6) is 0 Å². The van der Waals surface area contributed by atoms with Gasteiger partial charge in [-0.05, 0) is 19.3 Å². The van der Waals surface area contributed by atoms with Crippen molar-refractivity contribution in [1.82, 2.24) is 0 Å². The van der Waals surface area contributed by atoms with Gasteiger partial charge >= 0.3 is 11.9 Å². The molecule has 0 aliphatic rings. The number of esters is 1. The highest BCUT2D eigenvalue weighted by Crippen LogP contribution is 2.13. The van der Waals surface area contributed by atoms with Crippen molar-refractivity contribution >= 4 is 11.9 Å². The van der Waals surface area contributed by atoms with E-state index in [4.69, 9.17) is 5.11 Å². The summed E-state index contributed by atoms with van der Waals surface area (Å²) < 4.78 is 4.54. The number of allylic oxidation sites excluding steroid dienone is 1. The van der Waals surface area contributed by atoms with E-state index in [1.54, 1.807) is 0 Å². The average molecular weight is 355 g/mol. The molecule has 0 bridgehead atoms. The average Bonchev–Trinajstić information content (AvgIpc) is 2.60. The third-order valence-electron chi connectivity index (χ3n) is 4.47. The van der Waals surface area contributed by atoms with Crippen molar-refractivity contribution in [2.24, 2.45) is 0 Å². The fourth-order valence-corrected chi connectivity index (χ4v) is 2.91. The zero-order valence-electron chi connectivity index (χ0n) is 16.1. The third-order valence-corrected chi connectivity index (χ3v) is 4.47. The van der Waals surface area contributed by atoms with Crippen molar-refractivity contribution in [3.8, 4) is 0 Å². The van der Waals surface area contributed by atoms with E-state index in [1.807, 2.05) is 6.08 Å². The molecule has 0 aromatic rings. The van der Waals surface area contributed by atoms with E-state index >= 15 is 0 Å². The Morgan fingerprint density at radius 2 is 1.12 bits per heavy atom. The summed E-state index contributed by atoms with van der Waals surface area (Å²) in [5.74, 6) is -0.936. The van der Waals surface area contributed by atoms with Crippen molar-refractivity contribution in [3.05, 3.63) is 12.2 Å². The van der Waals surface area contributed by atoms with Gasteiger partial charge in [-0.15, -0.1) is 0 Å². The molecule has 146 valence electrons. The van der Waals surface area contributed by atoms with Gasteiger partial charge in [0, 0.05) is 12.5 Å². The molecule has 1 N–H and O–H groups in total. The number of methoxy groups -OCH3 is 1. The molecular weight excluding hydrogens is 316 g/mol. The monoisotopic (exact) mass is 354 g/mol. The zero-order valence-corrected chi connectivity index (χ0v) is 16.1. The fourth-order valence-electron chi connectivity index (χ4n) is 2.91. The summed E-state index contributed by atoms with van der Waals surface area (Å²) in [7, 11) is 1.40. The van der Waals surface area contributed by atoms with Crippen LogP contribution in [-0.4, -0.2) is 24.2 Å². The summed E-state index contributed by atoms with van der Waals surface area (Å²) in [4.78, 5) is 21.2. The maximum Gasteiger partial charge on any atom is 0.330 e. The van der Waals surface area contributed by atoms with E-state index in [2.05, 4.69) is 4.74 Å². The second-order valence-corrected chi connectivity index (χ2v) is 6.81. The highest BCUT2D eigenvalue weighted by Gasteiger charge is 1.97. The number of carboxylic acids is 1. The van der Waals surface area contributed by atoms with Gasteiger partial charge < -0.3 is 9.84 Å². The summed E-state index contributed by atoms with van der Waals surface area (Å²) >= 11 is 0. The predicted molar refractivity (Wildman–Crippen MR) is 103 cm³/mol. The molecule has 25 heavy (non-hydrogen) atoms. The molecule has 0 radical (unpaired) electrons. The van der Waals surface area contributed by atoms with Crippen LogP contribution in [0.2, 0.25) is 0 Å². The Labute approximate surface area is 154 Å². The lowest BCUT2D eigenvalue weighted by molar-refractivity contribution is -0.137. The molecule has 0 amide bonds. The minimum atomic E-state index is -0.671. The fraction of sp³-hybridized carbons (Fsp3) is 0.810. The van der Waals surface area contributed by atoms with Crippen LogP contribution in [0.4, 0.5) is 0 Å². The second-order valence-electron chi connectivity index (χ2n) is 6.81. The van der Waals surface area contributed by atoms with Crippen LogP contribution < -0.4 is 0 Å². The van der Waals surface area contributed by atoms with Crippen molar-refractivity contribution < 1.29 is 19.4 Å². The van der Waals surface area contributed by atoms with E-state index in [1.165, 1.54) is 83.8 Å². The van der Waals surface area contributed by atoms with Crippen LogP contribution in [0.1, 0.15) is 103 Å². The van der Waals surface area contributed by atoms with Crippen LogP contribution in [-0.2, 0) is 14.3 Å². The van der Waals surface area contributed by atoms with Crippen molar-refractivity contribution in [1.29, 1.82) is 0 Å². The van der Waals surface area contributed by atoms with Crippen molar-refractivity contribution in [3.63, 3.8) is 0 Å². The normalized spacial score (nSPS) is 11.1. The largest absolute Gasteiger partial charge is 0.481 e. The first-order valence-electron chi connectivity index (χ1n) is 10.1. The first-order chi connectivity index (χ1) is 12.2. The minimum Gasteiger partial charge on any atom is -0.481 e. The number of hydrogen-bond donors (Lipinski definition) is 1. The molecule has 0 heterocycles. The molecule has 0 aromatic heterocycles. The number of ether oxygens (including phenoxy) is 1. The van der Waals surface area contributed by atoms with E-state index in [-0.39, 0.29) is 5.97 Å². The summed E-state index contributed by atoms with van der Waals surface area (Å²) in [6.07, 6.45) is 22.0. The lowest BCUT2D eigenvalue weighted by Gasteiger charge is -2.03. The van der Waals surface area contributed by atoms with Gasteiger partial charge in [0.1, 0.15) is 0 Å². The molecule has 0 aliphatic heterocycles. The Bertz CT molecular complexity index is 350. The predicted octanol–water partition coefficient (Wildman–Crippen LogP) is 6.04. The Morgan fingerprint density at radius 1 is 0.720 bits per heavy atom. The number of aliphatic carboxylic acids is 1. The SMILES string of the molecule is COC(=O)C=CCCCCCCCCCCCCCCCCC(=O)O. The van der Waals surface area contributed by atoms with Gasteiger partial charge in [0.2, 0.25) is 0 Å². The van der Waals surface area contributed by atoms with Gasteiger partial charge in [0.25, 0.3) is 0 Å². The minimum absolute atomic E-state index is 0.266. The molecule has 0 aromatic carbocycles. The number of hydrogen-bond acceptors (Lipinski definition) is 3. The maximum atomic E-state index is 10.9. The Balaban J connectivity index is 3.08. The molecular formula is C21H38O4. The van der Waals surface area contributed by atoms with Gasteiger partial charge in [0.05, 0.1) is 7.11 Å². The highest BCUT2D eigenvalue weighted by atomic mass is 16.5. The molecule has 0 saturated carbocycles. The molecule has 0 rings (SSSR count). The molecule has 0 atom stereocenters. The lowest BCUT2D eigenvalue weighted by Crippen LogP contribution is -1.93. The molecule has 4 nitrogen and oxygen atoms in total. The van der Waals surface area contributed by atoms with Crippen LogP contribution in [0.3, 0.4) is 0 Å². The van der Waals surface area contributed by atoms with Gasteiger partial charge in [-0.25, -0.2) is 4.79 Å². The number of carboxylic acid groups (broad SMARTS) is 1. The van der Waals surface area contributed by atoms with Gasteiger partial charge in [0.15, 0.2) is 0 Å². The van der Waals surface area contributed by atoms with Crippen LogP contribution in [0.15, 0.2) is 12.2 Å². The third kappa shape index (κ3) is 20.6. The number of rotatable bonds is 18. The van der Waals surface area contributed by atoms with E-state index in [9.17, 15) is 9.59 Å². The Morgan fingerprint density at radius 3 is 1.52 bits per heavy atom. The standard InChI is InChI=1S/C21H38O4/c1-25-21(24)19-17-15-13-11-9-7-5-3-2-4-6-8-10-12-14-16-18-20(22)23/h17,19H,2-16,18H2,1H3,(H,22,23). The lowest BCUT2D eigenvalue weighted by atomic mass is 10.0. The molecule has 0 fully saturated rings. The first kappa shape index (κ1) is 23.7. The number of carbonyl (C=O) groups is 2. The molecule has 0 aliphatic carbocycles. The zero-order chi connectivity index (χ0) is 18.6. The number of unbranched alkanes of at least 4 members (excludes halogenated alkanes) is 14. The van der Waals surface area contributed by atoms with E-state index < -0.39 is 5.97 Å². The summed E-state index contributed by atoms with van der Waals surface area (Å²) in [5.41, 5.74) is 0. The van der Waals surface area contributed by atoms with Gasteiger partial charge in [-0.1, -0.05) is 83.1 Å². The van der Waals surface area contributed by atoms with Gasteiger partial charge in [-0.3, -0.25) is 4.79 Å². The van der Waals surface area contributed by atoms with Crippen molar-refractivity contribution in [2.45, 2.75) is 103 Å². The van der Waals surface area contributed by atoms with E-state index in [0.29, 0.717) is 6.42 Å². The Hall–Kier alpha value is -1.32. The van der Waals surface area contributed by atoms with Crippen LogP contribution >= 0.6 is 0 Å².